The lowest BCUT2D eigenvalue weighted by atomic mass is 9.97. The van der Waals surface area contributed by atoms with Crippen molar-refractivity contribution < 1.29 is 14.7 Å². The average Bonchev–Trinajstić information content (AvgIpc) is 2.38. The van der Waals surface area contributed by atoms with Crippen molar-refractivity contribution in [3.05, 3.63) is 29.8 Å². The third-order valence-electron chi connectivity index (χ3n) is 3.45. The first-order valence-electron chi connectivity index (χ1n) is 6.41. The second-order valence-corrected chi connectivity index (χ2v) is 4.90. The highest BCUT2D eigenvalue weighted by atomic mass is 16.4. The number of carbonyl (C=O) groups excluding carboxylic acids is 1. The van der Waals surface area contributed by atoms with Crippen molar-refractivity contribution in [2.45, 2.75) is 38.8 Å². The number of rotatable bonds is 2. The quantitative estimate of drug-likeness (QED) is 0.856. The predicted octanol–water partition coefficient (Wildman–Crippen LogP) is 2.01. The Morgan fingerprint density at radius 2 is 2.11 bits per heavy atom. The van der Waals surface area contributed by atoms with Gasteiger partial charge >= 0.3 is 12.0 Å². The van der Waals surface area contributed by atoms with E-state index in [2.05, 4.69) is 5.32 Å². The van der Waals surface area contributed by atoms with Gasteiger partial charge in [0.2, 0.25) is 0 Å². The molecule has 19 heavy (non-hydrogen) atoms. The number of benzene rings is 1. The first kappa shape index (κ1) is 13.4. The van der Waals surface area contributed by atoms with Gasteiger partial charge in [-0.1, -0.05) is 18.2 Å². The van der Waals surface area contributed by atoms with Gasteiger partial charge < -0.3 is 10.4 Å². The molecule has 1 unspecified atom stereocenters. The zero-order chi connectivity index (χ0) is 14.0. The van der Waals surface area contributed by atoms with E-state index < -0.39 is 12.0 Å². The van der Waals surface area contributed by atoms with Crippen molar-refractivity contribution in [3.63, 3.8) is 0 Å². The third kappa shape index (κ3) is 2.70. The summed E-state index contributed by atoms with van der Waals surface area (Å²) in [5, 5.41) is 11.4. The minimum Gasteiger partial charge on any atom is -0.480 e. The molecule has 0 bridgehead atoms. The van der Waals surface area contributed by atoms with Gasteiger partial charge in [0.05, 0.1) is 0 Å². The summed E-state index contributed by atoms with van der Waals surface area (Å²) in [6.07, 6.45) is 1.82. The lowest BCUT2D eigenvalue weighted by Crippen LogP contribution is -2.51. The number of carboxylic acid groups (broad SMARTS) is 1. The number of fused-ring (bicyclic) bond motifs is 1. The van der Waals surface area contributed by atoms with Gasteiger partial charge in [-0.25, -0.2) is 4.79 Å². The fraction of sp³-hybridized carbons (Fsp3) is 0.429. The number of anilines is 1. The number of aryl methyl sites for hydroxylation is 1. The van der Waals surface area contributed by atoms with Crippen molar-refractivity contribution in [1.82, 2.24) is 5.32 Å². The number of nitrogens with zero attached hydrogens (tertiary/aromatic N) is 1. The molecule has 0 saturated heterocycles. The molecule has 2 N–H and O–H groups in total. The van der Waals surface area contributed by atoms with Gasteiger partial charge in [-0.05, 0) is 38.3 Å². The molecule has 102 valence electrons. The zero-order valence-electron chi connectivity index (χ0n) is 11.1. The Bertz CT molecular complexity index is 501. The summed E-state index contributed by atoms with van der Waals surface area (Å²) >= 11 is 0. The van der Waals surface area contributed by atoms with Crippen LogP contribution in [0, 0.1) is 0 Å². The molecule has 0 aromatic heterocycles. The van der Waals surface area contributed by atoms with E-state index >= 15 is 0 Å². The van der Waals surface area contributed by atoms with Crippen LogP contribution in [0.25, 0.3) is 0 Å². The third-order valence-corrected chi connectivity index (χ3v) is 3.45. The van der Waals surface area contributed by atoms with Crippen molar-refractivity contribution in [2.24, 2.45) is 0 Å². The summed E-state index contributed by atoms with van der Waals surface area (Å²) in [6.45, 7) is 3.43. The Balaban J connectivity index is 2.23. The molecule has 1 heterocycles. The molecule has 1 aromatic carbocycles. The number of aliphatic carboxylic acids is 1. The molecule has 1 aromatic rings. The molecule has 0 saturated carbocycles. The number of carboxylic acids is 1. The van der Waals surface area contributed by atoms with Crippen molar-refractivity contribution in [1.29, 1.82) is 0 Å². The van der Waals surface area contributed by atoms with Crippen LogP contribution in [0.3, 0.4) is 0 Å². The van der Waals surface area contributed by atoms with Gasteiger partial charge in [0, 0.05) is 11.7 Å². The first-order chi connectivity index (χ1) is 9.00. The topological polar surface area (TPSA) is 69.6 Å². The molecule has 1 aliphatic rings. The molecule has 5 heteroatoms. The van der Waals surface area contributed by atoms with Gasteiger partial charge in [-0.3, -0.25) is 9.69 Å². The van der Waals surface area contributed by atoms with Gasteiger partial charge in [0.15, 0.2) is 0 Å². The number of para-hydroxylation sites is 1. The van der Waals surface area contributed by atoms with E-state index in [-0.39, 0.29) is 12.1 Å². The van der Waals surface area contributed by atoms with E-state index in [0.717, 1.165) is 24.1 Å². The number of carbonyl (C=O) groups is 2. The fourth-order valence-corrected chi connectivity index (χ4v) is 2.31. The maximum absolute atomic E-state index is 12.2. The minimum atomic E-state index is -1.04. The molecule has 0 radical (unpaired) electrons. The number of nitrogens with one attached hydrogen (secondary N) is 1. The number of hydrogen-bond donors (Lipinski definition) is 2. The predicted molar refractivity (Wildman–Crippen MR) is 72.3 cm³/mol. The summed E-state index contributed by atoms with van der Waals surface area (Å²) in [5.74, 6) is -1.04. The highest BCUT2D eigenvalue weighted by Gasteiger charge is 2.29. The molecule has 0 fully saturated rings. The van der Waals surface area contributed by atoms with E-state index in [1.54, 1.807) is 4.90 Å². The second kappa shape index (κ2) is 5.30. The van der Waals surface area contributed by atoms with Crippen molar-refractivity contribution in [2.75, 3.05) is 4.90 Å². The average molecular weight is 262 g/mol. The van der Waals surface area contributed by atoms with E-state index in [9.17, 15) is 9.59 Å². The lowest BCUT2D eigenvalue weighted by Gasteiger charge is -2.35. The summed E-state index contributed by atoms with van der Waals surface area (Å²) in [4.78, 5) is 24.7. The zero-order valence-corrected chi connectivity index (χ0v) is 11.1. The Labute approximate surface area is 112 Å². The summed E-state index contributed by atoms with van der Waals surface area (Å²) in [5.41, 5.74) is 2.00. The Kier molecular flexibility index (Phi) is 3.74. The molecule has 2 atom stereocenters. The second-order valence-electron chi connectivity index (χ2n) is 4.90. The summed E-state index contributed by atoms with van der Waals surface area (Å²) in [7, 11) is 0. The Hall–Kier alpha value is -2.04. The Morgan fingerprint density at radius 3 is 2.79 bits per heavy atom. The van der Waals surface area contributed by atoms with Crippen molar-refractivity contribution >= 4 is 17.7 Å². The van der Waals surface area contributed by atoms with Crippen LogP contribution in [0.5, 0.6) is 0 Å². The fourth-order valence-electron chi connectivity index (χ4n) is 2.31. The molecular weight excluding hydrogens is 244 g/mol. The molecule has 2 rings (SSSR count). The Morgan fingerprint density at radius 1 is 1.42 bits per heavy atom. The monoisotopic (exact) mass is 262 g/mol. The van der Waals surface area contributed by atoms with Crippen LogP contribution in [0.2, 0.25) is 0 Å². The maximum Gasteiger partial charge on any atom is 0.325 e. The highest BCUT2D eigenvalue weighted by molar-refractivity contribution is 5.96. The minimum absolute atomic E-state index is 0.0656. The number of amides is 2. The maximum atomic E-state index is 12.2. The van der Waals surface area contributed by atoms with Crippen LogP contribution in [0.1, 0.15) is 25.8 Å². The van der Waals surface area contributed by atoms with Crippen LogP contribution in [-0.2, 0) is 11.2 Å². The normalized spacial score (nSPS) is 19.5. The number of urea groups is 1. The van der Waals surface area contributed by atoms with E-state index in [1.165, 1.54) is 6.92 Å². The lowest BCUT2D eigenvalue weighted by molar-refractivity contribution is -0.138. The van der Waals surface area contributed by atoms with E-state index in [1.807, 2.05) is 31.2 Å². The summed E-state index contributed by atoms with van der Waals surface area (Å²) in [6, 6.07) is 6.56. The standard InChI is InChI=1S/C14H18N2O3/c1-9-7-8-11-5-3-4-6-12(11)16(9)14(19)15-10(2)13(17)18/h3-6,9-10H,7-8H2,1-2H3,(H,15,19)(H,17,18)/t9?,10-/m0/s1. The molecule has 5 nitrogen and oxygen atoms in total. The van der Waals surface area contributed by atoms with E-state index in [0.29, 0.717) is 0 Å². The van der Waals surface area contributed by atoms with Gasteiger partial charge in [0.1, 0.15) is 6.04 Å². The van der Waals surface area contributed by atoms with Gasteiger partial charge in [-0.15, -0.1) is 0 Å². The molecule has 1 aliphatic heterocycles. The van der Waals surface area contributed by atoms with Crippen LogP contribution in [0.4, 0.5) is 10.5 Å². The van der Waals surface area contributed by atoms with Crippen LogP contribution < -0.4 is 10.2 Å². The molecule has 2 amide bonds. The van der Waals surface area contributed by atoms with E-state index in [4.69, 9.17) is 5.11 Å². The van der Waals surface area contributed by atoms with Gasteiger partial charge in [0.25, 0.3) is 0 Å². The van der Waals surface area contributed by atoms with Crippen LogP contribution >= 0.6 is 0 Å². The summed E-state index contributed by atoms with van der Waals surface area (Å²) < 4.78 is 0. The highest BCUT2D eigenvalue weighted by Crippen LogP contribution is 2.30. The van der Waals surface area contributed by atoms with Crippen LogP contribution in [-0.4, -0.2) is 29.2 Å². The number of hydrogen-bond acceptors (Lipinski definition) is 2. The SMILES string of the molecule is CC1CCc2ccccc2N1C(=O)N[C@@H](C)C(=O)O. The van der Waals surface area contributed by atoms with Gasteiger partial charge in [-0.2, -0.15) is 0 Å². The molecule has 0 aliphatic carbocycles. The molecule has 0 spiro atoms. The first-order valence-corrected chi connectivity index (χ1v) is 6.41. The van der Waals surface area contributed by atoms with Crippen LogP contribution in [0.15, 0.2) is 24.3 Å². The smallest absolute Gasteiger partial charge is 0.325 e. The largest absolute Gasteiger partial charge is 0.480 e. The van der Waals surface area contributed by atoms with Crippen molar-refractivity contribution in [3.8, 4) is 0 Å². The molecular formula is C14H18N2O3.